The third kappa shape index (κ3) is 4.95. The van der Waals surface area contributed by atoms with Crippen molar-refractivity contribution in [1.29, 1.82) is 0 Å². The molecule has 37 heavy (non-hydrogen) atoms. The van der Waals surface area contributed by atoms with Gasteiger partial charge in [-0.3, -0.25) is 19.1 Å². The van der Waals surface area contributed by atoms with E-state index >= 15 is 0 Å². The second-order valence-electron chi connectivity index (χ2n) is 9.32. The molecule has 0 bridgehead atoms. The summed E-state index contributed by atoms with van der Waals surface area (Å²) in [5, 5.41) is 10.2. The maximum Gasteiger partial charge on any atom is 0.269 e. The van der Waals surface area contributed by atoms with E-state index < -0.39 is 0 Å². The van der Waals surface area contributed by atoms with Crippen LogP contribution in [-0.2, 0) is 20.0 Å². The molecule has 2 N–H and O–H groups in total. The third-order valence-electron chi connectivity index (χ3n) is 6.31. The van der Waals surface area contributed by atoms with E-state index in [1.165, 1.54) is 16.3 Å². The fraction of sp³-hybridized carbons (Fsp3) is 0.346. The summed E-state index contributed by atoms with van der Waals surface area (Å²) >= 11 is 3.47. The van der Waals surface area contributed by atoms with Crippen molar-refractivity contribution in [2.45, 2.75) is 45.8 Å². The number of carbonyl (C=O) groups excluding carboxylic acids is 2. The largest absolute Gasteiger partial charge is 0.354 e. The molecule has 0 saturated carbocycles. The fourth-order valence-electron chi connectivity index (χ4n) is 4.40. The average molecular weight is 568 g/mol. The Hall–Kier alpha value is -3.73. The van der Waals surface area contributed by atoms with Gasteiger partial charge in [-0.15, -0.1) is 0 Å². The van der Waals surface area contributed by atoms with Crippen LogP contribution in [0, 0.1) is 0 Å². The van der Waals surface area contributed by atoms with E-state index in [1.54, 1.807) is 36.2 Å². The minimum absolute atomic E-state index is 0.0290. The lowest BCUT2D eigenvalue weighted by Crippen LogP contribution is -2.46. The number of halogens is 1. The predicted octanol–water partition coefficient (Wildman–Crippen LogP) is 3.14. The first-order chi connectivity index (χ1) is 17.5. The SMILES string of the molecule is C=Cc1cc(C(=O)N2Cc3nc(NC(C)C)n(-c4cc(C(=O)NC)n(C)n4)c(=O)c3CC2C)ccc1Br. The minimum Gasteiger partial charge on any atom is -0.354 e. The molecule has 2 amide bonds. The van der Waals surface area contributed by atoms with E-state index in [-0.39, 0.29) is 36.0 Å². The smallest absolute Gasteiger partial charge is 0.269 e. The lowest BCUT2D eigenvalue weighted by atomic mass is 9.98. The fourth-order valence-corrected chi connectivity index (χ4v) is 4.81. The van der Waals surface area contributed by atoms with Crippen molar-refractivity contribution in [3.8, 4) is 5.82 Å². The van der Waals surface area contributed by atoms with Crippen LogP contribution in [0.1, 0.15) is 58.4 Å². The standard InChI is InChI=1S/C26H30BrN7O3/c1-7-16-11-17(8-9-19(16)27)24(36)33-13-20-18(10-15(33)4)25(37)34(26(30-20)29-14(2)3)22-12-21(23(35)28-5)32(6)31-22/h7-9,11-12,14-15H,1,10,13H2,2-6H3,(H,28,35)(H,29,30). The van der Waals surface area contributed by atoms with Gasteiger partial charge in [0.25, 0.3) is 17.4 Å². The zero-order valence-corrected chi connectivity index (χ0v) is 23.1. The second kappa shape index (κ2) is 10.3. The highest BCUT2D eigenvalue weighted by molar-refractivity contribution is 9.10. The third-order valence-corrected chi connectivity index (χ3v) is 7.03. The van der Waals surface area contributed by atoms with Crippen LogP contribution >= 0.6 is 15.9 Å². The van der Waals surface area contributed by atoms with Crippen LogP contribution < -0.4 is 16.2 Å². The quantitative estimate of drug-likeness (QED) is 0.473. The molecule has 1 aliphatic rings. The molecule has 0 radical (unpaired) electrons. The monoisotopic (exact) mass is 567 g/mol. The van der Waals surface area contributed by atoms with Crippen LogP contribution in [-0.4, -0.2) is 55.2 Å². The topological polar surface area (TPSA) is 114 Å². The molecular weight excluding hydrogens is 538 g/mol. The van der Waals surface area contributed by atoms with Crippen molar-refractivity contribution < 1.29 is 9.59 Å². The number of aryl methyl sites for hydroxylation is 1. The van der Waals surface area contributed by atoms with Crippen molar-refractivity contribution in [3.05, 3.63) is 73.7 Å². The number of fused-ring (bicyclic) bond motifs is 1. The zero-order valence-electron chi connectivity index (χ0n) is 21.5. The second-order valence-corrected chi connectivity index (χ2v) is 10.2. The predicted molar refractivity (Wildman–Crippen MR) is 146 cm³/mol. The maximum absolute atomic E-state index is 13.8. The van der Waals surface area contributed by atoms with Gasteiger partial charge >= 0.3 is 0 Å². The molecule has 1 atom stereocenters. The molecule has 0 fully saturated rings. The zero-order chi connectivity index (χ0) is 27.0. The van der Waals surface area contributed by atoms with Gasteiger partial charge in [0.05, 0.1) is 12.2 Å². The molecule has 1 aromatic carbocycles. The van der Waals surface area contributed by atoms with E-state index in [9.17, 15) is 14.4 Å². The molecule has 11 heteroatoms. The van der Waals surface area contributed by atoms with Crippen LogP contribution in [0.5, 0.6) is 0 Å². The minimum atomic E-state index is -0.311. The molecule has 0 saturated heterocycles. The molecule has 1 aliphatic heterocycles. The highest BCUT2D eigenvalue weighted by Crippen LogP contribution is 2.26. The summed E-state index contributed by atoms with van der Waals surface area (Å²) < 4.78 is 3.69. The number of nitrogens with zero attached hydrogens (tertiary/aromatic N) is 5. The van der Waals surface area contributed by atoms with Crippen LogP contribution in [0.15, 0.2) is 40.1 Å². The van der Waals surface area contributed by atoms with Gasteiger partial charge in [-0.1, -0.05) is 28.6 Å². The molecule has 194 valence electrons. The lowest BCUT2D eigenvalue weighted by molar-refractivity contribution is 0.0653. The van der Waals surface area contributed by atoms with Gasteiger partial charge in [-0.2, -0.15) is 5.10 Å². The van der Waals surface area contributed by atoms with E-state index in [0.29, 0.717) is 40.7 Å². The Morgan fingerprint density at radius 3 is 2.65 bits per heavy atom. The normalized spacial score (nSPS) is 14.9. The maximum atomic E-state index is 13.8. The van der Waals surface area contributed by atoms with Gasteiger partial charge in [0.2, 0.25) is 5.95 Å². The summed E-state index contributed by atoms with van der Waals surface area (Å²) in [5.74, 6) is 0.148. The highest BCUT2D eigenvalue weighted by atomic mass is 79.9. The molecule has 3 heterocycles. The number of anilines is 1. The summed E-state index contributed by atoms with van der Waals surface area (Å²) in [6.45, 7) is 9.80. The van der Waals surface area contributed by atoms with Gasteiger partial charge in [-0.05, 0) is 51.0 Å². The summed E-state index contributed by atoms with van der Waals surface area (Å²) in [7, 11) is 3.18. The Morgan fingerprint density at radius 1 is 1.27 bits per heavy atom. The number of hydrogen-bond donors (Lipinski definition) is 2. The number of aromatic nitrogens is 4. The summed E-state index contributed by atoms with van der Waals surface area (Å²) in [6.07, 6.45) is 2.03. The Bertz CT molecular complexity index is 1460. The van der Waals surface area contributed by atoms with Gasteiger partial charge < -0.3 is 15.5 Å². The molecule has 0 spiro atoms. The van der Waals surface area contributed by atoms with Crippen LogP contribution in [0.25, 0.3) is 11.9 Å². The van der Waals surface area contributed by atoms with Crippen molar-refractivity contribution in [1.82, 2.24) is 29.5 Å². The first-order valence-corrected chi connectivity index (χ1v) is 12.8. The highest BCUT2D eigenvalue weighted by Gasteiger charge is 2.32. The number of nitrogens with one attached hydrogen (secondary N) is 2. The van der Waals surface area contributed by atoms with Crippen LogP contribution in [0.3, 0.4) is 0 Å². The van der Waals surface area contributed by atoms with Crippen LogP contribution in [0.4, 0.5) is 5.95 Å². The number of hydrogen-bond acceptors (Lipinski definition) is 6. The Morgan fingerprint density at radius 2 is 2.00 bits per heavy atom. The molecule has 0 aliphatic carbocycles. The summed E-state index contributed by atoms with van der Waals surface area (Å²) in [5.41, 5.74) is 2.48. The number of carbonyl (C=O) groups is 2. The van der Waals surface area contributed by atoms with Crippen LogP contribution in [0.2, 0.25) is 0 Å². The average Bonchev–Trinajstić information content (AvgIpc) is 3.24. The first-order valence-electron chi connectivity index (χ1n) is 12.0. The number of amides is 2. The van der Waals surface area contributed by atoms with E-state index in [1.807, 2.05) is 26.8 Å². The summed E-state index contributed by atoms with van der Waals surface area (Å²) in [4.78, 5) is 46.0. The van der Waals surface area contributed by atoms with Crippen molar-refractivity contribution in [3.63, 3.8) is 0 Å². The first kappa shape index (κ1) is 26.3. The lowest BCUT2D eigenvalue weighted by Gasteiger charge is -2.34. The molecular formula is C26H30BrN7O3. The van der Waals surface area contributed by atoms with Crippen molar-refractivity contribution in [2.75, 3.05) is 12.4 Å². The Labute approximate surface area is 223 Å². The molecule has 10 nitrogen and oxygen atoms in total. The molecule has 4 rings (SSSR count). The Kier molecular flexibility index (Phi) is 7.35. The van der Waals surface area contributed by atoms with Crippen molar-refractivity contribution in [2.24, 2.45) is 7.05 Å². The van der Waals surface area contributed by atoms with Crippen molar-refractivity contribution >= 4 is 39.8 Å². The molecule has 2 aromatic heterocycles. The number of rotatable bonds is 6. The van der Waals surface area contributed by atoms with Gasteiger partial charge in [0.15, 0.2) is 5.82 Å². The van der Waals surface area contributed by atoms with Gasteiger partial charge in [0.1, 0.15) is 5.69 Å². The Balaban J connectivity index is 1.78. The summed E-state index contributed by atoms with van der Waals surface area (Å²) in [6, 6.07) is 6.70. The van der Waals surface area contributed by atoms with Gasteiger partial charge in [0, 0.05) is 47.8 Å². The van der Waals surface area contributed by atoms with E-state index in [0.717, 1.165) is 10.0 Å². The number of benzene rings is 1. The van der Waals surface area contributed by atoms with E-state index in [4.69, 9.17) is 4.98 Å². The van der Waals surface area contributed by atoms with E-state index in [2.05, 4.69) is 38.2 Å². The molecule has 1 unspecified atom stereocenters. The van der Waals surface area contributed by atoms with Gasteiger partial charge in [-0.25, -0.2) is 9.55 Å². The molecule has 3 aromatic rings.